The van der Waals surface area contributed by atoms with E-state index in [-0.39, 0.29) is 18.0 Å². The van der Waals surface area contributed by atoms with Crippen molar-refractivity contribution in [3.8, 4) is 0 Å². The van der Waals surface area contributed by atoms with Gasteiger partial charge in [-0.3, -0.25) is 4.79 Å². The Hall–Kier alpha value is -2.04. The van der Waals surface area contributed by atoms with Crippen molar-refractivity contribution in [2.45, 2.75) is 39.5 Å². The molecule has 0 aromatic heterocycles. The summed E-state index contributed by atoms with van der Waals surface area (Å²) in [5.74, 6) is -1.01. The zero-order chi connectivity index (χ0) is 16.0. The minimum Gasteiger partial charge on any atom is -0.480 e. The van der Waals surface area contributed by atoms with Crippen LogP contribution in [0.15, 0.2) is 24.3 Å². The van der Waals surface area contributed by atoms with Crippen LogP contribution >= 0.6 is 0 Å². The molecule has 0 fully saturated rings. The lowest BCUT2D eigenvalue weighted by atomic mass is 9.87. The van der Waals surface area contributed by atoms with Crippen molar-refractivity contribution < 1.29 is 14.7 Å². The minimum atomic E-state index is -1.01. The monoisotopic (exact) mass is 292 g/mol. The van der Waals surface area contributed by atoms with Crippen molar-refractivity contribution >= 4 is 17.7 Å². The summed E-state index contributed by atoms with van der Waals surface area (Å²) >= 11 is 0. The number of aliphatic carboxylic acids is 1. The van der Waals surface area contributed by atoms with Crippen LogP contribution in [0.4, 0.5) is 10.5 Å². The van der Waals surface area contributed by atoms with Gasteiger partial charge in [-0.1, -0.05) is 39.8 Å². The van der Waals surface area contributed by atoms with E-state index in [9.17, 15) is 9.59 Å². The van der Waals surface area contributed by atoms with Crippen LogP contribution < -0.4 is 5.32 Å². The maximum Gasteiger partial charge on any atom is 0.323 e. The lowest BCUT2D eigenvalue weighted by Gasteiger charge is -2.22. The van der Waals surface area contributed by atoms with Crippen LogP contribution in [-0.2, 0) is 10.2 Å². The predicted octanol–water partition coefficient (Wildman–Crippen LogP) is 3.31. The Morgan fingerprint density at radius 1 is 1.19 bits per heavy atom. The van der Waals surface area contributed by atoms with Gasteiger partial charge in [0, 0.05) is 12.2 Å². The average molecular weight is 292 g/mol. The van der Waals surface area contributed by atoms with Crippen molar-refractivity contribution in [3.05, 3.63) is 29.8 Å². The molecule has 1 aromatic carbocycles. The molecule has 5 nitrogen and oxygen atoms in total. The molecular formula is C16H24N2O3. The van der Waals surface area contributed by atoms with Gasteiger partial charge < -0.3 is 15.3 Å². The number of urea groups is 1. The van der Waals surface area contributed by atoms with E-state index in [0.717, 1.165) is 0 Å². The van der Waals surface area contributed by atoms with E-state index in [1.165, 1.54) is 10.5 Å². The molecule has 2 N–H and O–H groups in total. The number of amides is 2. The molecule has 0 saturated carbocycles. The molecule has 5 heteroatoms. The lowest BCUT2D eigenvalue weighted by Crippen LogP contribution is -2.39. The first-order chi connectivity index (χ1) is 9.74. The van der Waals surface area contributed by atoms with Crippen LogP contribution in [0, 0.1) is 0 Å². The molecule has 0 bridgehead atoms. The molecule has 0 saturated heterocycles. The van der Waals surface area contributed by atoms with Crippen LogP contribution in [0.5, 0.6) is 0 Å². The first-order valence-electron chi connectivity index (χ1n) is 7.12. The molecule has 0 spiro atoms. The Morgan fingerprint density at radius 3 is 2.19 bits per heavy atom. The molecule has 0 heterocycles. The standard InChI is InChI=1S/C16H24N2O3/c1-5-10-18(11-14(19)20)15(21)17-13-8-6-12(7-9-13)16(2,3)4/h6-9H,5,10-11H2,1-4H3,(H,17,21)(H,19,20). The lowest BCUT2D eigenvalue weighted by molar-refractivity contribution is -0.137. The molecule has 1 rings (SSSR count). The van der Waals surface area contributed by atoms with E-state index in [4.69, 9.17) is 5.11 Å². The van der Waals surface area contributed by atoms with Crippen LogP contribution in [0.3, 0.4) is 0 Å². The smallest absolute Gasteiger partial charge is 0.323 e. The number of anilines is 1. The van der Waals surface area contributed by atoms with Crippen LogP contribution in [0.2, 0.25) is 0 Å². The van der Waals surface area contributed by atoms with Gasteiger partial charge >= 0.3 is 12.0 Å². The summed E-state index contributed by atoms with van der Waals surface area (Å²) in [5.41, 5.74) is 1.90. The number of hydrogen-bond donors (Lipinski definition) is 2. The Kier molecular flexibility index (Phi) is 5.76. The largest absolute Gasteiger partial charge is 0.480 e. The average Bonchev–Trinajstić information content (AvgIpc) is 2.37. The number of nitrogens with one attached hydrogen (secondary N) is 1. The second kappa shape index (κ2) is 7.11. The number of hydrogen-bond acceptors (Lipinski definition) is 2. The zero-order valence-electron chi connectivity index (χ0n) is 13.1. The van der Waals surface area contributed by atoms with Crippen LogP contribution in [0.25, 0.3) is 0 Å². The fraction of sp³-hybridized carbons (Fsp3) is 0.500. The van der Waals surface area contributed by atoms with Gasteiger partial charge in [0.05, 0.1) is 0 Å². The highest BCUT2D eigenvalue weighted by Crippen LogP contribution is 2.23. The van der Waals surface area contributed by atoms with Gasteiger partial charge in [0.15, 0.2) is 0 Å². The van der Waals surface area contributed by atoms with E-state index in [2.05, 4.69) is 26.1 Å². The predicted molar refractivity (Wildman–Crippen MR) is 83.7 cm³/mol. The highest BCUT2D eigenvalue weighted by Gasteiger charge is 2.17. The van der Waals surface area contributed by atoms with Crippen molar-refractivity contribution in [1.82, 2.24) is 4.90 Å². The third-order valence-electron chi connectivity index (χ3n) is 3.11. The van der Waals surface area contributed by atoms with Gasteiger partial charge in [-0.25, -0.2) is 4.79 Å². The molecule has 0 atom stereocenters. The normalized spacial score (nSPS) is 11.0. The fourth-order valence-corrected chi connectivity index (χ4v) is 1.94. The molecule has 2 amide bonds. The molecule has 21 heavy (non-hydrogen) atoms. The van der Waals surface area contributed by atoms with Gasteiger partial charge in [-0.2, -0.15) is 0 Å². The Labute approximate surface area is 126 Å². The molecule has 116 valence electrons. The maximum atomic E-state index is 12.1. The molecule has 0 aliphatic heterocycles. The van der Waals surface area contributed by atoms with E-state index in [1.807, 2.05) is 31.2 Å². The molecular weight excluding hydrogens is 268 g/mol. The summed E-state index contributed by atoms with van der Waals surface area (Å²) in [5, 5.41) is 11.6. The van der Waals surface area contributed by atoms with Gasteiger partial charge in [0.2, 0.25) is 0 Å². The summed E-state index contributed by atoms with van der Waals surface area (Å²) in [4.78, 5) is 24.1. The molecule has 0 radical (unpaired) electrons. The SMILES string of the molecule is CCCN(CC(=O)O)C(=O)Nc1ccc(C(C)(C)C)cc1. The van der Waals surface area contributed by atoms with Gasteiger partial charge in [-0.05, 0) is 29.5 Å². The second-order valence-corrected chi connectivity index (χ2v) is 6.07. The van der Waals surface area contributed by atoms with Crippen LogP contribution in [0.1, 0.15) is 39.7 Å². The number of carbonyl (C=O) groups is 2. The third kappa shape index (κ3) is 5.45. The topological polar surface area (TPSA) is 69.6 Å². The first-order valence-corrected chi connectivity index (χ1v) is 7.12. The minimum absolute atomic E-state index is 0.0556. The quantitative estimate of drug-likeness (QED) is 0.874. The number of carbonyl (C=O) groups excluding carboxylic acids is 1. The highest BCUT2D eigenvalue weighted by atomic mass is 16.4. The summed E-state index contributed by atoms with van der Waals surface area (Å²) in [6.45, 7) is 8.39. The summed E-state index contributed by atoms with van der Waals surface area (Å²) < 4.78 is 0. The molecule has 1 aromatic rings. The van der Waals surface area contributed by atoms with E-state index in [0.29, 0.717) is 18.7 Å². The Balaban J connectivity index is 2.74. The van der Waals surface area contributed by atoms with Crippen LogP contribution in [-0.4, -0.2) is 35.1 Å². The van der Waals surface area contributed by atoms with E-state index in [1.54, 1.807) is 0 Å². The number of nitrogens with zero attached hydrogens (tertiary/aromatic N) is 1. The molecule has 0 aliphatic carbocycles. The summed E-state index contributed by atoms with van der Waals surface area (Å²) in [6.07, 6.45) is 0.712. The van der Waals surface area contributed by atoms with Gasteiger partial charge in [0.25, 0.3) is 0 Å². The van der Waals surface area contributed by atoms with E-state index < -0.39 is 5.97 Å². The number of benzene rings is 1. The number of rotatable bonds is 5. The zero-order valence-corrected chi connectivity index (χ0v) is 13.1. The van der Waals surface area contributed by atoms with Crippen molar-refractivity contribution in [2.24, 2.45) is 0 Å². The van der Waals surface area contributed by atoms with Crippen molar-refractivity contribution in [2.75, 3.05) is 18.4 Å². The summed E-state index contributed by atoms with van der Waals surface area (Å²) in [7, 11) is 0. The second-order valence-electron chi connectivity index (χ2n) is 6.07. The summed E-state index contributed by atoms with van der Waals surface area (Å²) in [6, 6.07) is 7.23. The maximum absolute atomic E-state index is 12.1. The van der Waals surface area contributed by atoms with Crippen molar-refractivity contribution in [3.63, 3.8) is 0 Å². The highest BCUT2D eigenvalue weighted by molar-refractivity contribution is 5.91. The molecule has 0 unspecified atom stereocenters. The molecule has 0 aliphatic rings. The Morgan fingerprint density at radius 2 is 1.76 bits per heavy atom. The first kappa shape index (κ1) is 17.0. The van der Waals surface area contributed by atoms with Crippen molar-refractivity contribution in [1.29, 1.82) is 0 Å². The third-order valence-corrected chi connectivity index (χ3v) is 3.11. The number of carboxylic acid groups (broad SMARTS) is 1. The van der Waals surface area contributed by atoms with Gasteiger partial charge in [-0.15, -0.1) is 0 Å². The van der Waals surface area contributed by atoms with E-state index >= 15 is 0 Å². The number of carboxylic acids is 1. The Bertz CT molecular complexity index is 489. The fourth-order valence-electron chi connectivity index (χ4n) is 1.94. The van der Waals surface area contributed by atoms with Gasteiger partial charge in [0.1, 0.15) is 6.54 Å².